The van der Waals surface area contributed by atoms with Gasteiger partial charge in [-0.15, -0.1) is 0 Å². The van der Waals surface area contributed by atoms with Gasteiger partial charge >= 0.3 is 0 Å². The molecule has 0 saturated carbocycles. The number of halogens is 3. The third-order valence-corrected chi connectivity index (χ3v) is 4.69. The van der Waals surface area contributed by atoms with E-state index in [9.17, 15) is 22.8 Å². The third kappa shape index (κ3) is 4.99. The van der Waals surface area contributed by atoms with Gasteiger partial charge in [-0.1, -0.05) is 6.92 Å². The van der Waals surface area contributed by atoms with Crippen LogP contribution in [-0.2, 0) is 16.0 Å². The number of fused-ring (bicyclic) bond motifs is 1. The zero-order chi connectivity index (χ0) is 22.5. The van der Waals surface area contributed by atoms with E-state index in [0.717, 1.165) is 11.5 Å². The van der Waals surface area contributed by atoms with Crippen molar-refractivity contribution in [3.05, 3.63) is 59.6 Å². The van der Waals surface area contributed by atoms with Crippen LogP contribution in [0.4, 0.5) is 18.9 Å². The number of amides is 2. The van der Waals surface area contributed by atoms with Gasteiger partial charge in [-0.05, 0) is 30.7 Å². The summed E-state index contributed by atoms with van der Waals surface area (Å²) < 4.78 is 50.8. The van der Waals surface area contributed by atoms with Crippen molar-refractivity contribution in [2.24, 2.45) is 0 Å². The molecule has 0 spiro atoms. The molecule has 1 N–H and O–H groups in total. The van der Waals surface area contributed by atoms with E-state index in [1.54, 1.807) is 18.2 Å². The number of rotatable bonds is 8. The van der Waals surface area contributed by atoms with Crippen LogP contribution in [0, 0.1) is 17.5 Å². The molecule has 1 aromatic heterocycles. The Morgan fingerprint density at radius 1 is 1.13 bits per heavy atom. The molecule has 2 amide bonds. The van der Waals surface area contributed by atoms with Gasteiger partial charge in [0.15, 0.2) is 17.5 Å². The van der Waals surface area contributed by atoms with Crippen LogP contribution in [0.25, 0.3) is 11.0 Å². The molecule has 0 aliphatic rings. The summed E-state index contributed by atoms with van der Waals surface area (Å²) in [7, 11) is 1.54. The Balaban J connectivity index is 1.70. The molecule has 0 saturated heterocycles. The number of methoxy groups -OCH3 is 1. The van der Waals surface area contributed by atoms with Gasteiger partial charge < -0.3 is 19.4 Å². The minimum Gasteiger partial charge on any atom is -0.497 e. The lowest BCUT2D eigenvalue weighted by Gasteiger charge is -2.21. The zero-order valence-electron chi connectivity index (χ0n) is 17.0. The van der Waals surface area contributed by atoms with E-state index in [2.05, 4.69) is 5.32 Å². The minimum absolute atomic E-state index is 0.00779. The quantitative estimate of drug-likeness (QED) is 0.538. The number of furan rings is 1. The third-order valence-electron chi connectivity index (χ3n) is 4.69. The lowest BCUT2D eigenvalue weighted by atomic mass is 10.1. The van der Waals surface area contributed by atoms with Gasteiger partial charge in [-0.2, -0.15) is 0 Å². The van der Waals surface area contributed by atoms with Crippen molar-refractivity contribution < 1.29 is 31.9 Å². The summed E-state index contributed by atoms with van der Waals surface area (Å²) in [6.45, 7) is 1.76. The van der Waals surface area contributed by atoms with Crippen LogP contribution < -0.4 is 10.1 Å². The second kappa shape index (κ2) is 9.55. The van der Waals surface area contributed by atoms with Crippen molar-refractivity contribution in [3.63, 3.8) is 0 Å². The first-order chi connectivity index (χ1) is 14.8. The smallest absolute Gasteiger partial charge is 0.244 e. The first kappa shape index (κ1) is 22.2. The van der Waals surface area contributed by atoms with Crippen LogP contribution in [0.3, 0.4) is 0 Å². The number of carbonyl (C=O) groups excluding carboxylic acids is 2. The summed E-state index contributed by atoms with van der Waals surface area (Å²) in [5.41, 5.74) is 0.717. The maximum atomic E-state index is 13.8. The number of benzene rings is 2. The molecule has 6 nitrogen and oxygen atoms in total. The van der Waals surface area contributed by atoms with E-state index < -0.39 is 29.0 Å². The van der Waals surface area contributed by atoms with E-state index in [0.29, 0.717) is 29.4 Å². The van der Waals surface area contributed by atoms with Gasteiger partial charge in [0.25, 0.3) is 0 Å². The highest BCUT2D eigenvalue weighted by Gasteiger charge is 2.21. The number of nitrogens with one attached hydrogen (secondary N) is 1. The van der Waals surface area contributed by atoms with Gasteiger partial charge in [-0.25, -0.2) is 13.2 Å². The van der Waals surface area contributed by atoms with Gasteiger partial charge in [0.2, 0.25) is 11.8 Å². The van der Waals surface area contributed by atoms with E-state index in [4.69, 9.17) is 9.15 Å². The topological polar surface area (TPSA) is 71.8 Å². The summed E-state index contributed by atoms with van der Waals surface area (Å²) in [4.78, 5) is 26.4. The number of nitrogens with zero attached hydrogens (tertiary/aromatic N) is 1. The number of anilines is 1. The van der Waals surface area contributed by atoms with E-state index in [-0.39, 0.29) is 25.4 Å². The highest BCUT2D eigenvalue weighted by Crippen LogP contribution is 2.26. The number of ether oxygens (including phenoxy) is 1. The maximum absolute atomic E-state index is 13.8. The monoisotopic (exact) mass is 434 g/mol. The van der Waals surface area contributed by atoms with Crippen molar-refractivity contribution >= 4 is 28.5 Å². The van der Waals surface area contributed by atoms with Crippen molar-refractivity contribution in [1.82, 2.24) is 4.90 Å². The standard InChI is InChI=1S/C22H21F3N2O4/c1-3-8-27(11-19(28)26-17-7-6-16(23)21(24)22(17)25)20(29)9-13-12-31-18-10-14(30-2)4-5-15(13)18/h4-7,10,12H,3,8-9,11H2,1-2H3,(H,26,28). The van der Waals surface area contributed by atoms with Gasteiger partial charge in [0.1, 0.15) is 11.3 Å². The molecule has 0 bridgehead atoms. The zero-order valence-corrected chi connectivity index (χ0v) is 17.0. The molecule has 0 atom stereocenters. The normalized spacial score (nSPS) is 10.9. The van der Waals surface area contributed by atoms with Gasteiger partial charge in [0, 0.05) is 23.6 Å². The highest BCUT2D eigenvalue weighted by atomic mass is 19.2. The molecule has 1 heterocycles. The van der Waals surface area contributed by atoms with Crippen LogP contribution in [-0.4, -0.2) is 36.9 Å². The summed E-state index contributed by atoms with van der Waals surface area (Å²) in [5, 5.41) is 2.93. The molecule has 3 rings (SSSR count). The molecule has 31 heavy (non-hydrogen) atoms. The first-order valence-electron chi connectivity index (χ1n) is 9.59. The predicted octanol–water partition coefficient (Wildman–Crippen LogP) is 4.28. The Hall–Kier alpha value is -3.49. The minimum atomic E-state index is -1.68. The molecule has 0 radical (unpaired) electrons. The Morgan fingerprint density at radius 3 is 2.61 bits per heavy atom. The van der Waals surface area contributed by atoms with E-state index in [1.807, 2.05) is 6.92 Å². The van der Waals surface area contributed by atoms with E-state index >= 15 is 0 Å². The lowest BCUT2D eigenvalue weighted by Crippen LogP contribution is -2.39. The van der Waals surface area contributed by atoms with Gasteiger partial charge in [0.05, 0.1) is 32.0 Å². The average molecular weight is 434 g/mol. The molecule has 2 aromatic carbocycles. The SMILES string of the molecule is CCCN(CC(=O)Nc1ccc(F)c(F)c1F)C(=O)Cc1coc2cc(OC)ccc12. The second-order valence-corrected chi connectivity index (χ2v) is 6.89. The highest BCUT2D eigenvalue weighted by molar-refractivity contribution is 5.95. The average Bonchev–Trinajstić information content (AvgIpc) is 3.15. The van der Waals surface area contributed by atoms with Crippen LogP contribution >= 0.6 is 0 Å². The number of carbonyl (C=O) groups is 2. The summed E-state index contributed by atoms with van der Waals surface area (Å²) in [6.07, 6.45) is 2.05. The molecule has 0 unspecified atom stereocenters. The van der Waals surface area contributed by atoms with Gasteiger partial charge in [-0.3, -0.25) is 9.59 Å². The molecular weight excluding hydrogens is 413 g/mol. The fourth-order valence-corrected chi connectivity index (χ4v) is 3.15. The van der Waals surface area contributed by atoms with Crippen molar-refractivity contribution in [1.29, 1.82) is 0 Å². The van der Waals surface area contributed by atoms with Crippen molar-refractivity contribution in [2.45, 2.75) is 19.8 Å². The summed E-state index contributed by atoms with van der Waals surface area (Å²) in [6, 6.07) is 6.87. The van der Waals surface area contributed by atoms with Crippen molar-refractivity contribution in [3.8, 4) is 5.75 Å². The lowest BCUT2D eigenvalue weighted by molar-refractivity contribution is -0.134. The largest absolute Gasteiger partial charge is 0.497 e. The molecule has 0 fully saturated rings. The first-order valence-corrected chi connectivity index (χ1v) is 9.59. The fraction of sp³-hybridized carbons (Fsp3) is 0.273. The Morgan fingerprint density at radius 2 is 1.90 bits per heavy atom. The summed E-state index contributed by atoms with van der Waals surface area (Å²) >= 11 is 0. The maximum Gasteiger partial charge on any atom is 0.244 e. The van der Waals surface area contributed by atoms with Crippen LogP contribution in [0.2, 0.25) is 0 Å². The second-order valence-electron chi connectivity index (χ2n) is 6.89. The Labute approximate surface area is 176 Å². The Kier molecular flexibility index (Phi) is 6.84. The summed E-state index contributed by atoms with van der Waals surface area (Å²) in [5.74, 6) is -4.98. The van der Waals surface area contributed by atoms with Crippen LogP contribution in [0.1, 0.15) is 18.9 Å². The molecule has 0 aliphatic heterocycles. The van der Waals surface area contributed by atoms with Crippen molar-refractivity contribution in [2.75, 3.05) is 25.5 Å². The molecule has 9 heteroatoms. The molecule has 0 aliphatic carbocycles. The van der Waals surface area contributed by atoms with E-state index in [1.165, 1.54) is 18.3 Å². The molecule has 3 aromatic rings. The van der Waals surface area contributed by atoms with Crippen LogP contribution in [0.5, 0.6) is 5.75 Å². The predicted molar refractivity (Wildman–Crippen MR) is 108 cm³/mol. The fourth-order valence-electron chi connectivity index (χ4n) is 3.15. The number of hydrogen-bond donors (Lipinski definition) is 1. The Bertz CT molecular complexity index is 1110. The van der Waals surface area contributed by atoms with Crippen LogP contribution in [0.15, 0.2) is 41.0 Å². The molecular formula is C22H21F3N2O4. The molecule has 164 valence electrons. The number of hydrogen-bond acceptors (Lipinski definition) is 4.